The van der Waals surface area contributed by atoms with Gasteiger partial charge in [-0.1, -0.05) is 18.2 Å². The summed E-state index contributed by atoms with van der Waals surface area (Å²) in [5, 5.41) is 8.05. The van der Waals surface area contributed by atoms with Gasteiger partial charge < -0.3 is 22.9 Å². The molecule has 0 unspecified atom stereocenters. The van der Waals surface area contributed by atoms with Gasteiger partial charge in [-0.15, -0.1) is 5.11 Å². The lowest BCUT2D eigenvalue weighted by Gasteiger charge is -2.09. The average molecular weight is 242 g/mol. The van der Waals surface area contributed by atoms with Crippen LogP contribution in [-0.2, 0) is 0 Å². The van der Waals surface area contributed by atoms with Gasteiger partial charge in [0.05, 0.1) is 28.4 Å². The number of hydrogen-bond donors (Lipinski definition) is 4. The van der Waals surface area contributed by atoms with Crippen LogP contribution in [0.1, 0.15) is 0 Å². The van der Waals surface area contributed by atoms with Gasteiger partial charge in [-0.05, 0) is 18.2 Å². The fourth-order valence-corrected chi connectivity index (χ4v) is 1.47. The average Bonchev–Trinajstić information content (AvgIpc) is 2.37. The molecular formula is C12H14N6. The van der Waals surface area contributed by atoms with E-state index in [2.05, 4.69) is 10.2 Å². The van der Waals surface area contributed by atoms with Crippen LogP contribution in [0.2, 0.25) is 0 Å². The lowest BCUT2D eigenvalue weighted by atomic mass is 10.2. The van der Waals surface area contributed by atoms with Crippen LogP contribution in [0.3, 0.4) is 0 Å². The zero-order valence-electron chi connectivity index (χ0n) is 9.67. The normalized spacial score (nSPS) is 10.9. The first-order valence-electron chi connectivity index (χ1n) is 5.29. The number of azo groups is 1. The van der Waals surface area contributed by atoms with Crippen molar-refractivity contribution in [3.05, 3.63) is 36.4 Å². The maximum absolute atomic E-state index is 5.81. The van der Waals surface area contributed by atoms with Crippen LogP contribution >= 0.6 is 0 Å². The first-order chi connectivity index (χ1) is 8.59. The number of nitrogens with zero attached hydrogens (tertiary/aromatic N) is 2. The van der Waals surface area contributed by atoms with E-state index in [-0.39, 0.29) is 11.4 Å². The molecular weight excluding hydrogens is 228 g/mol. The lowest BCUT2D eigenvalue weighted by Crippen LogP contribution is -2.02. The third-order valence-electron chi connectivity index (χ3n) is 2.46. The Balaban J connectivity index is 2.41. The van der Waals surface area contributed by atoms with E-state index in [1.165, 1.54) is 6.07 Å². The molecule has 0 spiro atoms. The van der Waals surface area contributed by atoms with Crippen molar-refractivity contribution in [2.45, 2.75) is 0 Å². The maximum atomic E-state index is 5.81. The van der Waals surface area contributed by atoms with E-state index in [4.69, 9.17) is 22.9 Å². The first kappa shape index (κ1) is 11.7. The fraction of sp³-hybridized carbons (Fsp3) is 0. The second kappa shape index (κ2) is 4.62. The Hall–Kier alpha value is -2.76. The molecule has 0 amide bonds. The largest absolute Gasteiger partial charge is 0.397 e. The van der Waals surface area contributed by atoms with Gasteiger partial charge in [0.15, 0.2) is 0 Å². The standard InChI is InChI=1S/C12H14N6/c13-8-6-9(14)12(11(16)10(8)15)18-17-7-4-2-1-3-5-7/h1-6H,13-16H2. The van der Waals surface area contributed by atoms with Crippen molar-refractivity contribution in [2.75, 3.05) is 22.9 Å². The summed E-state index contributed by atoms with van der Waals surface area (Å²) in [6.45, 7) is 0. The first-order valence-corrected chi connectivity index (χ1v) is 5.29. The molecule has 0 aliphatic heterocycles. The highest BCUT2D eigenvalue weighted by Crippen LogP contribution is 2.38. The van der Waals surface area contributed by atoms with Crippen molar-refractivity contribution in [1.82, 2.24) is 0 Å². The lowest BCUT2D eigenvalue weighted by molar-refractivity contribution is 1.24. The van der Waals surface area contributed by atoms with Crippen LogP contribution in [0.15, 0.2) is 46.6 Å². The van der Waals surface area contributed by atoms with Crippen molar-refractivity contribution in [3.8, 4) is 0 Å². The van der Waals surface area contributed by atoms with Crippen LogP contribution in [0.4, 0.5) is 34.1 Å². The van der Waals surface area contributed by atoms with Gasteiger partial charge in [0.1, 0.15) is 5.69 Å². The van der Waals surface area contributed by atoms with Gasteiger partial charge in [-0.3, -0.25) is 0 Å². The molecule has 6 heteroatoms. The van der Waals surface area contributed by atoms with Crippen molar-refractivity contribution in [3.63, 3.8) is 0 Å². The molecule has 8 N–H and O–H groups in total. The number of hydrogen-bond acceptors (Lipinski definition) is 6. The zero-order chi connectivity index (χ0) is 13.1. The monoisotopic (exact) mass is 242 g/mol. The van der Waals surface area contributed by atoms with E-state index in [9.17, 15) is 0 Å². The minimum absolute atomic E-state index is 0.243. The molecule has 0 heterocycles. The molecule has 0 atom stereocenters. The highest BCUT2D eigenvalue weighted by Gasteiger charge is 2.10. The molecule has 2 aromatic carbocycles. The third-order valence-corrected chi connectivity index (χ3v) is 2.46. The Bertz CT molecular complexity index is 591. The molecule has 2 aromatic rings. The van der Waals surface area contributed by atoms with Gasteiger partial charge in [0, 0.05) is 0 Å². The Morgan fingerprint density at radius 2 is 1.39 bits per heavy atom. The molecule has 0 aromatic heterocycles. The van der Waals surface area contributed by atoms with E-state index in [1.807, 2.05) is 30.3 Å². The molecule has 0 saturated heterocycles. The molecule has 0 aliphatic carbocycles. The molecule has 0 fully saturated rings. The molecule has 0 aliphatic rings. The second-order valence-electron chi connectivity index (χ2n) is 3.77. The van der Waals surface area contributed by atoms with Crippen molar-refractivity contribution in [1.29, 1.82) is 0 Å². The van der Waals surface area contributed by atoms with Gasteiger partial charge in [0.25, 0.3) is 0 Å². The number of nitrogens with two attached hydrogens (primary N) is 4. The van der Waals surface area contributed by atoms with Gasteiger partial charge in [-0.2, -0.15) is 5.11 Å². The summed E-state index contributed by atoms with van der Waals surface area (Å²) < 4.78 is 0. The summed E-state index contributed by atoms with van der Waals surface area (Å²) in [5.74, 6) is 0. The second-order valence-corrected chi connectivity index (χ2v) is 3.77. The number of benzene rings is 2. The molecule has 18 heavy (non-hydrogen) atoms. The minimum Gasteiger partial charge on any atom is -0.397 e. The van der Waals surface area contributed by atoms with Crippen molar-refractivity contribution >= 4 is 34.1 Å². The molecule has 2 rings (SSSR count). The SMILES string of the molecule is Nc1cc(N)c(N=Nc2ccccc2)c(N)c1N. The summed E-state index contributed by atoms with van der Waals surface area (Å²) in [4.78, 5) is 0. The Morgan fingerprint density at radius 1 is 0.722 bits per heavy atom. The van der Waals surface area contributed by atoms with E-state index in [0.29, 0.717) is 22.7 Å². The van der Waals surface area contributed by atoms with Gasteiger partial charge in [-0.25, -0.2) is 0 Å². The summed E-state index contributed by atoms with van der Waals surface area (Å²) in [7, 11) is 0. The predicted octanol–water partition coefficient (Wildman–Crippen LogP) is 2.43. The molecule has 92 valence electrons. The summed E-state index contributed by atoms with van der Waals surface area (Å²) >= 11 is 0. The maximum Gasteiger partial charge on any atom is 0.134 e. The van der Waals surface area contributed by atoms with E-state index < -0.39 is 0 Å². The molecule has 0 bridgehead atoms. The van der Waals surface area contributed by atoms with Crippen LogP contribution in [-0.4, -0.2) is 0 Å². The Morgan fingerprint density at radius 3 is 2.06 bits per heavy atom. The molecule has 6 nitrogen and oxygen atoms in total. The summed E-state index contributed by atoms with van der Waals surface area (Å²) in [5.41, 5.74) is 25.2. The van der Waals surface area contributed by atoms with E-state index >= 15 is 0 Å². The van der Waals surface area contributed by atoms with Crippen molar-refractivity contribution < 1.29 is 0 Å². The smallest absolute Gasteiger partial charge is 0.134 e. The van der Waals surface area contributed by atoms with Crippen LogP contribution in [0.25, 0.3) is 0 Å². The number of anilines is 4. The minimum atomic E-state index is 0.243. The zero-order valence-corrected chi connectivity index (χ0v) is 9.67. The summed E-state index contributed by atoms with van der Waals surface area (Å²) in [6, 6.07) is 10.8. The Labute approximate surface area is 104 Å². The van der Waals surface area contributed by atoms with Crippen molar-refractivity contribution in [2.24, 2.45) is 10.2 Å². The third kappa shape index (κ3) is 2.17. The van der Waals surface area contributed by atoms with Crippen LogP contribution in [0, 0.1) is 0 Å². The summed E-state index contributed by atoms with van der Waals surface area (Å²) in [6.07, 6.45) is 0. The predicted molar refractivity (Wildman–Crippen MR) is 74.7 cm³/mol. The van der Waals surface area contributed by atoms with E-state index in [1.54, 1.807) is 0 Å². The van der Waals surface area contributed by atoms with E-state index in [0.717, 1.165) is 0 Å². The Kier molecular flexibility index (Phi) is 3.01. The van der Waals surface area contributed by atoms with Crippen LogP contribution < -0.4 is 22.9 Å². The quantitative estimate of drug-likeness (QED) is 0.476. The number of nitrogen functional groups attached to an aromatic ring is 4. The number of rotatable bonds is 2. The topological polar surface area (TPSA) is 129 Å². The fourth-order valence-electron chi connectivity index (χ4n) is 1.47. The molecule has 0 radical (unpaired) electrons. The molecule has 0 saturated carbocycles. The highest BCUT2D eigenvalue weighted by molar-refractivity contribution is 5.92. The van der Waals surface area contributed by atoms with Gasteiger partial charge in [0.2, 0.25) is 0 Å². The highest BCUT2D eigenvalue weighted by atomic mass is 15.1. The van der Waals surface area contributed by atoms with Gasteiger partial charge >= 0.3 is 0 Å². The van der Waals surface area contributed by atoms with Crippen LogP contribution in [0.5, 0.6) is 0 Å².